The highest BCUT2D eigenvalue weighted by molar-refractivity contribution is 7.90. The van der Waals surface area contributed by atoms with Gasteiger partial charge < -0.3 is 5.32 Å². The van der Waals surface area contributed by atoms with E-state index in [4.69, 9.17) is 0 Å². The van der Waals surface area contributed by atoms with E-state index in [9.17, 15) is 8.42 Å². The van der Waals surface area contributed by atoms with Crippen LogP contribution in [-0.2, 0) is 16.4 Å². The van der Waals surface area contributed by atoms with Gasteiger partial charge in [0.1, 0.15) is 0 Å². The first-order valence-corrected chi connectivity index (χ1v) is 9.48. The molecule has 1 heterocycles. The van der Waals surface area contributed by atoms with Crippen LogP contribution in [0.3, 0.4) is 0 Å². The summed E-state index contributed by atoms with van der Waals surface area (Å²) in [5.74, 6) is 0.725. The number of likely N-dealkylation sites (tertiary alicyclic amines) is 1. The van der Waals surface area contributed by atoms with Crippen LogP contribution in [0, 0.1) is 5.92 Å². The number of hydrogen-bond donors (Lipinski definition) is 1. The Morgan fingerprint density at radius 1 is 1.29 bits per heavy atom. The first kappa shape index (κ1) is 16.5. The van der Waals surface area contributed by atoms with Gasteiger partial charge in [0.05, 0.1) is 4.90 Å². The number of rotatable bonds is 6. The predicted octanol–water partition coefficient (Wildman–Crippen LogP) is 1.91. The molecule has 4 nitrogen and oxygen atoms in total. The van der Waals surface area contributed by atoms with Gasteiger partial charge in [-0.15, -0.1) is 0 Å². The lowest BCUT2D eigenvalue weighted by atomic mass is 10.1. The lowest BCUT2D eigenvalue weighted by Crippen LogP contribution is -2.30. The predicted molar refractivity (Wildman–Crippen MR) is 86.1 cm³/mol. The summed E-state index contributed by atoms with van der Waals surface area (Å²) in [5, 5.41) is 3.50. The molecule has 118 valence electrons. The lowest BCUT2D eigenvalue weighted by Gasteiger charge is -2.17. The van der Waals surface area contributed by atoms with Gasteiger partial charge in [-0.2, -0.15) is 0 Å². The van der Waals surface area contributed by atoms with Crippen molar-refractivity contribution in [3.8, 4) is 0 Å². The fraction of sp³-hybridized carbons (Fsp3) is 0.625. The zero-order valence-electron chi connectivity index (χ0n) is 13.2. The van der Waals surface area contributed by atoms with Gasteiger partial charge >= 0.3 is 0 Å². The molecule has 1 unspecified atom stereocenters. The average molecular weight is 310 g/mol. The molecule has 0 bridgehead atoms. The van der Waals surface area contributed by atoms with Crippen LogP contribution < -0.4 is 5.32 Å². The Bertz CT molecular complexity index is 552. The summed E-state index contributed by atoms with van der Waals surface area (Å²) in [5.41, 5.74) is 1.18. The zero-order chi connectivity index (χ0) is 15.5. The second-order valence-electron chi connectivity index (χ2n) is 6.37. The van der Waals surface area contributed by atoms with Crippen LogP contribution >= 0.6 is 0 Å². The van der Waals surface area contributed by atoms with Crippen LogP contribution in [0.1, 0.15) is 25.8 Å². The van der Waals surface area contributed by atoms with E-state index in [1.807, 2.05) is 12.1 Å². The van der Waals surface area contributed by atoms with Crippen LogP contribution in [-0.4, -0.2) is 45.2 Å². The minimum absolute atomic E-state index is 0.395. The van der Waals surface area contributed by atoms with E-state index in [0.29, 0.717) is 10.9 Å². The third-order valence-electron chi connectivity index (χ3n) is 3.94. The van der Waals surface area contributed by atoms with Gasteiger partial charge in [-0.25, -0.2) is 8.42 Å². The highest BCUT2D eigenvalue weighted by atomic mass is 32.2. The van der Waals surface area contributed by atoms with Gasteiger partial charge in [0.15, 0.2) is 9.84 Å². The normalized spacial score (nSPS) is 20.3. The van der Waals surface area contributed by atoms with Gasteiger partial charge in [-0.1, -0.05) is 26.0 Å². The highest BCUT2D eigenvalue weighted by Crippen LogP contribution is 2.19. The quantitative estimate of drug-likeness (QED) is 0.872. The van der Waals surface area contributed by atoms with Gasteiger partial charge in [-0.3, -0.25) is 4.90 Å². The minimum atomic E-state index is -3.09. The van der Waals surface area contributed by atoms with Gasteiger partial charge in [0.2, 0.25) is 0 Å². The molecule has 0 aliphatic carbocycles. The maximum absolute atomic E-state index is 11.4. The summed E-state index contributed by atoms with van der Waals surface area (Å²) in [6, 6.07) is 7.81. The fourth-order valence-corrected chi connectivity index (χ4v) is 3.36. The zero-order valence-corrected chi connectivity index (χ0v) is 14.0. The van der Waals surface area contributed by atoms with Crippen LogP contribution in [0.2, 0.25) is 0 Å². The molecule has 21 heavy (non-hydrogen) atoms. The molecule has 1 aromatic carbocycles. The van der Waals surface area contributed by atoms with Gasteiger partial charge in [0, 0.05) is 25.4 Å². The Labute approximate surface area is 128 Å². The van der Waals surface area contributed by atoms with Crippen LogP contribution in [0.4, 0.5) is 0 Å². The van der Waals surface area contributed by atoms with E-state index in [1.165, 1.54) is 18.2 Å². The van der Waals surface area contributed by atoms with Crippen LogP contribution in [0.25, 0.3) is 0 Å². The first-order valence-electron chi connectivity index (χ1n) is 7.59. The van der Waals surface area contributed by atoms with Crippen molar-refractivity contribution < 1.29 is 8.42 Å². The topological polar surface area (TPSA) is 49.4 Å². The van der Waals surface area contributed by atoms with Crippen molar-refractivity contribution in [1.29, 1.82) is 0 Å². The monoisotopic (exact) mass is 310 g/mol. The van der Waals surface area contributed by atoms with E-state index in [-0.39, 0.29) is 0 Å². The Morgan fingerprint density at radius 2 is 1.95 bits per heavy atom. The molecule has 1 saturated heterocycles. The maximum atomic E-state index is 11.4. The molecule has 1 N–H and O–H groups in total. The molecule has 5 heteroatoms. The summed E-state index contributed by atoms with van der Waals surface area (Å²) in [7, 11) is -3.09. The Balaban J connectivity index is 1.86. The molecule has 1 aromatic rings. The van der Waals surface area contributed by atoms with Crippen molar-refractivity contribution in [2.45, 2.75) is 37.8 Å². The highest BCUT2D eigenvalue weighted by Gasteiger charge is 2.22. The second kappa shape index (κ2) is 6.90. The van der Waals surface area contributed by atoms with Crippen molar-refractivity contribution in [2.24, 2.45) is 5.92 Å². The molecule has 1 fully saturated rings. The molecule has 0 spiro atoms. The SMILES string of the molecule is CC(C)NCC1CCN(Cc2ccc(S(C)(=O)=O)cc2)C1. The molecule has 2 rings (SSSR count). The van der Waals surface area contributed by atoms with Crippen molar-refractivity contribution in [1.82, 2.24) is 10.2 Å². The van der Waals surface area contributed by atoms with E-state index in [1.54, 1.807) is 12.1 Å². The number of sulfone groups is 1. The summed E-state index contributed by atoms with van der Waals surface area (Å²) < 4.78 is 22.9. The summed E-state index contributed by atoms with van der Waals surface area (Å²) in [6.07, 6.45) is 2.48. The smallest absolute Gasteiger partial charge is 0.175 e. The molecule has 0 amide bonds. The number of nitrogens with zero attached hydrogens (tertiary/aromatic N) is 1. The van der Waals surface area contributed by atoms with E-state index in [0.717, 1.165) is 32.1 Å². The number of nitrogens with one attached hydrogen (secondary N) is 1. The fourth-order valence-electron chi connectivity index (χ4n) is 2.73. The minimum Gasteiger partial charge on any atom is -0.314 e. The average Bonchev–Trinajstić information content (AvgIpc) is 2.83. The first-order chi connectivity index (χ1) is 9.84. The lowest BCUT2D eigenvalue weighted by molar-refractivity contribution is 0.312. The summed E-state index contributed by atoms with van der Waals surface area (Å²) in [6.45, 7) is 8.58. The molecule has 0 saturated carbocycles. The molecule has 1 atom stereocenters. The third-order valence-corrected chi connectivity index (χ3v) is 5.07. The van der Waals surface area contributed by atoms with Crippen molar-refractivity contribution in [3.05, 3.63) is 29.8 Å². The van der Waals surface area contributed by atoms with E-state index < -0.39 is 9.84 Å². The van der Waals surface area contributed by atoms with Crippen molar-refractivity contribution in [2.75, 3.05) is 25.9 Å². The molecule has 1 aliphatic heterocycles. The van der Waals surface area contributed by atoms with Gasteiger partial charge in [-0.05, 0) is 43.1 Å². The van der Waals surface area contributed by atoms with E-state index >= 15 is 0 Å². The molecule has 1 aliphatic rings. The van der Waals surface area contributed by atoms with Crippen molar-refractivity contribution >= 4 is 9.84 Å². The molecule has 0 aromatic heterocycles. The largest absolute Gasteiger partial charge is 0.314 e. The van der Waals surface area contributed by atoms with Gasteiger partial charge in [0.25, 0.3) is 0 Å². The Hall–Kier alpha value is -0.910. The second-order valence-corrected chi connectivity index (χ2v) is 8.38. The Morgan fingerprint density at radius 3 is 2.52 bits per heavy atom. The van der Waals surface area contributed by atoms with Crippen LogP contribution in [0.15, 0.2) is 29.2 Å². The molecular formula is C16H26N2O2S. The number of benzene rings is 1. The number of hydrogen-bond acceptors (Lipinski definition) is 4. The Kier molecular flexibility index (Phi) is 5.41. The third kappa shape index (κ3) is 5.09. The van der Waals surface area contributed by atoms with Crippen LogP contribution in [0.5, 0.6) is 0 Å². The summed E-state index contributed by atoms with van der Waals surface area (Å²) >= 11 is 0. The van der Waals surface area contributed by atoms with E-state index in [2.05, 4.69) is 24.1 Å². The van der Waals surface area contributed by atoms with Crippen molar-refractivity contribution in [3.63, 3.8) is 0 Å². The standard InChI is InChI=1S/C16H26N2O2S/c1-13(2)17-10-15-8-9-18(12-15)11-14-4-6-16(7-5-14)21(3,19)20/h4-7,13,15,17H,8-12H2,1-3H3. The molecule has 0 radical (unpaired) electrons. The maximum Gasteiger partial charge on any atom is 0.175 e. The molecular weight excluding hydrogens is 284 g/mol. The summed E-state index contributed by atoms with van der Waals surface area (Å²) in [4.78, 5) is 2.84.